The molecular formula is C10H16N2O6. The highest BCUT2D eigenvalue weighted by Gasteiger charge is 2.42. The molecule has 3 amide bonds. The molecule has 1 unspecified atom stereocenters. The van der Waals surface area contributed by atoms with Gasteiger partial charge < -0.3 is 19.7 Å². The van der Waals surface area contributed by atoms with Gasteiger partial charge in [-0.2, -0.15) is 0 Å². The summed E-state index contributed by atoms with van der Waals surface area (Å²) in [5.41, 5.74) is 0. The highest BCUT2D eigenvalue weighted by molar-refractivity contribution is 5.99. The smallest absolute Gasteiger partial charge is 0.326 e. The minimum absolute atomic E-state index is 0.0662. The maximum Gasteiger partial charge on any atom is 0.326 e. The minimum Gasteiger partial charge on any atom is -0.394 e. The molecule has 8 heteroatoms. The summed E-state index contributed by atoms with van der Waals surface area (Å²) in [6, 6.07) is -0.580. The lowest BCUT2D eigenvalue weighted by molar-refractivity contribution is -0.137. The van der Waals surface area contributed by atoms with E-state index in [0.29, 0.717) is 0 Å². The Bertz CT molecular complexity index is 349. The van der Waals surface area contributed by atoms with Crippen LogP contribution in [0.25, 0.3) is 0 Å². The van der Waals surface area contributed by atoms with E-state index < -0.39 is 36.5 Å². The number of carbonyl (C=O) groups is 2. The van der Waals surface area contributed by atoms with Crippen molar-refractivity contribution in [1.82, 2.24) is 10.2 Å². The lowest BCUT2D eigenvalue weighted by Gasteiger charge is -2.34. The van der Waals surface area contributed by atoms with Crippen LogP contribution in [0.4, 0.5) is 4.79 Å². The summed E-state index contributed by atoms with van der Waals surface area (Å²) in [5, 5.41) is 20.7. The number of rotatable bonds is 3. The lowest BCUT2D eigenvalue weighted by atomic mass is 10.1. The fourth-order valence-corrected chi connectivity index (χ4v) is 2.10. The number of urea groups is 1. The molecule has 2 aliphatic rings. The summed E-state index contributed by atoms with van der Waals surface area (Å²) < 4.78 is 10.3. The molecule has 2 heterocycles. The van der Waals surface area contributed by atoms with E-state index in [-0.39, 0.29) is 19.6 Å². The zero-order valence-electron chi connectivity index (χ0n) is 9.91. The molecule has 0 aliphatic carbocycles. The van der Waals surface area contributed by atoms with Gasteiger partial charge in [0.05, 0.1) is 19.3 Å². The number of imide groups is 1. The molecule has 0 aromatic heterocycles. The quantitative estimate of drug-likeness (QED) is 0.543. The van der Waals surface area contributed by atoms with Crippen LogP contribution in [0.1, 0.15) is 6.42 Å². The van der Waals surface area contributed by atoms with Gasteiger partial charge in [-0.05, 0) is 0 Å². The van der Waals surface area contributed by atoms with Crippen molar-refractivity contribution in [1.29, 1.82) is 0 Å². The summed E-state index contributed by atoms with van der Waals surface area (Å²) in [6.07, 6.45) is -2.75. The van der Waals surface area contributed by atoms with Crippen LogP contribution in [-0.4, -0.2) is 71.9 Å². The van der Waals surface area contributed by atoms with Crippen LogP contribution in [0.15, 0.2) is 0 Å². The molecule has 8 nitrogen and oxygen atoms in total. The van der Waals surface area contributed by atoms with Gasteiger partial charge in [0.25, 0.3) is 5.91 Å². The summed E-state index contributed by atoms with van der Waals surface area (Å²) in [6.45, 7) is -0.254. The third-order valence-corrected chi connectivity index (χ3v) is 3.16. The number of aliphatic hydroxyl groups excluding tert-OH is 2. The Morgan fingerprint density at radius 3 is 2.83 bits per heavy atom. The molecule has 0 saturated carbocycles. The van der Waals surface area contributed by atoms with Gasteiger partial charge in [0.15, 0.2) is 6.10 Å². The van der Waals surface area contributed by atoms with Crippen LogP contribution in [0.5, 0.6) is 0 Å². The molecule has 0 radical (unpaired) electrons. The number of hydrogen-bond donors (Lipinski definition) is 3. The Hall–Kier alpha value is -1.22. The summed E-state index contributed by atoms with van der Waals surface area (Å²) in [5.74, 6) is -0.490. The number of nitrogens with one attached hydrogen (secondary N) is 1. The van der Waals surface area contributed by atoms with Gasteiger partial charge in [-0.15, -0.1) is 0 Å². The van der Waals surface area contributed by atoms with E-state index in [1.54, 1.807) is 0 Å². The van der Waals surface area contributed by atoms with Crippen molar-refractivity contribution >= 4 is 11.9 Å². The van der Waals surface area contributed by atoms with Gasteiger partial charge >= 0.3 is 6.03 Å². The van der Waals surface area contributed by atoms with Crippen molar-refractivity contribution < 1.29 is 29.3 Å². The van der Waals surface area contributed by atoms with Crippen molar-refractivity contribution in [3.63, 3.8) is 0 Å². The third kappa shape index (κ3) is 2.32. The Morgan fingerprint density at radius 1 is 1.56 bits per heavy atom. The Balaban J connectivity index is 2.04. The Morgan fingerprint density at radius 2 is 2.28 bits per heavy atom. The molecule has 2 fully saturated rings. The van der Waals surface area contributed by atoms with Crippen molar-refractivity contribution in [2.75, 3.05) is 20.3 Å². The van der Waals surface area contributed by atoms with Crippen LogP contribution in [-0.2, 0) is 14.3 Å². The van der Waals surface area contributed by atoms with Gasteiger partial charge in [0, 0.05) is 13.5 Å². The number of nitrogens with zero attached hydrogens (tertiary/aromatic N) is 1. The summed E-state index contributed by atoms with van der Waals surface area (Å²) in [7, 11) is 1.37. The number of amides is 3. The number of aliphatic hydroxyl groups is 2. The highest BCUT2D eigenvalue weighted by atomic mass is 16.5. The van der Waals surface area contributed by atoms with Crippen LogP contribution in [0.2, 0.25) is 0 Å². The van der Waals surface area contributed by atoms with Gasteiger partial charge in [0.1, 0.15) is 12.3 Å². The van der Waals surface area contributed by atoms with Crippen LogP contribution >= 0.6 is 0 Å². The molecule has 3 N–H and O–H groups in total. The predicted molar refractivity (Wildman–Crippen MR) is 57.4 cm³/mol. The molecule has 0 spiro atoms. The molecule has 2 rings (SSSR count). The molecule has 0 aromatic rings. The van der Waals surface area contributed by atoms with Gasteiger partial charge in [-0.3, -0.25) is 15.0 Å². The minimum atomic E-state index is -0.827. The first-order chi connectivity index (χ1) is 8.56. The zero-order valence-corrected chi connectivity index (χ0v) is 9.91. The number of ether oxygens (including phenoxy) is 2. The van der Waals surface area contributed by atoms with Crippen LogP contribution < -0.4 is 5.32 Å². The van der Waals surface area contributed by atoms with E-state index in [1.165, 1.54) is 12.0 Å². The highest BCUT2D eigenvalue weighted by Crippen LogP contribution is 2.24. The first-order valence-electron chi connectivity index (χ1n) is 5.65. The Labute approximate surface area is 103 Å². The predicted octanol–water partition coefficient (Wildman–Crippen LogP) is -1.98. The van der Waals surface area contributed by atoms with Crippen molar-refractivity contribution in [3.05, 3.63) is 0 Å². The van der Waals surface area contributed by atoms with Gasteiger partial charge in [-0.25, -0.2) is 4.79 Å². The third-order valence-electron chi connectivity index (χ3n) is 3.16. The summed E-state index contributed by atoms with van der Waals surface area (Å²) in [4.78, 5) is 24.3. The molecule has 18 heavy (non-hydrogen) atoms. The van der Waals surface area contributed by atoms with Crippen molar-refractivity contribution in [3.8, 4) is 0 Å². The summed E-state index contributed by atoms with van der Waals surface area (Å²) >= 11 is 0. The molecule has 2 saturated heterocycles. The van der Waals surface area contributed by atoms with Crippen molar-refractivity contribution in [2.24, 2.45) is 0 Å². The first-order valence-corrected chi connectivity index (χ1v) is 5.65. The number of methoxy groups -OCH3 is 1. The molecule has 0 aromatic carbocycles. The first kappa shape index (κ1) is 13.2. The van der Waals surface area contributed by atoms with Crippen molar-refractivity contribution in [2.45, 2.75) is 31.0 Å². The fraction of sp³-hybridized carbons (Fsp3) is 0.800. The second kappa shape index (κ2) is 5.19. The van der Waals surface area contributed by atoms with E-state index in [1.807, 2.05) is 0 Å². The van der Waals surface area contributed by atoms with Crippen LogP contribution in [0.3, 0.4) is 0 Å². The zero-order chi connectivity index (χ0) is 13.3. The second-order valence-corrected chi connectivity index (χ2v) is 4.29. The van der Waals surface area contributed by atoms with Gasteiger partial charge in [-0.1, -0.05) is 0 Å². The number of hydrogen-bond acceptors (Lipinski definition) is 6. The fourth-order valence-electron chi connectivity index (χ4n) is 2.10. The molecule has 2 aliphatic heterocycles. The maximum atomic E-state index is 11.7. The molecular weight excluding hydrogens is 244 g/mol. The number of carbonyl (C=O) groups excluding carboxylic acids is 2. The van der Waals surface area contributed by atoms with E-state index in [9.17, 15) is 14.7 Å². The largest absolute Gasteiger partial charge is 0.394 e. The molecule has 102 valence electrons. The standard InChI is InChI=1S/C10H16N2O6/c1-17-6-3-12(10(16)11-9(6)15)8-2-5(14)7(4-13)18-8/h5-8,13-14H,2-4H2,1H3,(H,11,15,16)/t5-,6?,7+,8+/m0/s1. The van der Waals surface area contributed by atoms with E-state index in [2.05, 4.69) is 5.32 Å². The average Bonchev–Trinajstić information content (AvgIpc) is 2.70. The lowest BCUT2D eigenvalue weighted by Crippen LogP contribution is -2.60. The molecule has 4 atom stereocenters. The monoisotopic (exact) mass is 260 g/mol. The Kier molecular flexibility index (Phi) is 3.81. The molecule has 0 bridgehead atoms. The van der Waals surface area contributed by atoms with E-state index in [4.69, 9.17) is 14.6 Å². The van der Waals surface area contributed by atoms with Gasteiger partial charge in [0.2, 0.25) is 0 Å². The maximum absolute atomic E-state index is 11.7. The SMILES string of the molecule is COC1CN([C@H]2C[C@H](O)[C@@H](CO)O2)C(=O)NC1=O. The average molecular weight is 260 g/mol. The van der Waals surface area contributed by atoms with E-state index >= 15 is 0 Å². The normalized spacial score (nSPS) is 36.9. The van der Waals surface area contributed by atoms with E-state index in [0.717, 1.165) is 0 Å². The second-order valence-electron chi connectivity index (χ2n) is 4.29. The van der Waals surface area contributed by atoms with Crippen LogP contribution in [0, 0.1) is 0 Å². The topological polar surface area (TPSA) is 108 Å².